The SMILES string of the molecule is CC1CCCCC1NC(=O)CN1CCN(CC(=O)NC2CCCCC2C)C(C)(C)C1. The highest BCUT2D eigenvalue weighted by atomic mass is 16.2. The molecule has 0 aromatic rings. The largest absolute Gasteiger partial charge is 0.352 e. The van der Waals surface area contributed by atoms with Gasteiger partial charge in [0.1, 0.15) is 0 Å². The average molecular weight is 421 g/mol. The molecule has 30 heavy (non-hydrogen) atoms. The minimum absolute atomic E-state index is 0.119. The Morgan fingerprint density at radius 1 is 0.800 bits per heavy atom. The molecule has 2 N–H and O–H groups in total. The highest BCUT2D eigenvalue weighted by Gasteiger charge is 2.36. The van der Waals surface area contributed by atoms with E-state index in [1.807, 2.05) is 0 Å². The van der Waals surface area contributed by atoms with E-state index in [0.29, 0.717) is 37.0 Å². The van der Waals surface area contributed by atoms with E-state index < -0.39 is 0 Å². The first kappa shape index (κ1) is 23.5. The summed E-state index contributed by atoms with van der Waals surface area (Å²) in [7, 11) is 0. The maximum atomic E-state index is 12.7. The molecule has 3 fully saturated rings. The van der Waals surface area contributed by atoms with E-state index in [-0.39, 0.29) is 17.4 Å². The minimum atomic E-state index is -0.119. The van der Waals surface area contributed by atoms with Crippen LogP contribution >= 0.6 is 0 Å². The van der Waals surface area contributed by atoms with Crippen molar-refractivity contribution in [2.45, 2.75) is 96.7 Å². The van der Waals surface area contributed by atoms with Crippen LogP contribution in [0.25, 0.3) is 0 Å². The first-order chi connectivity index (χ1) is 14.2. The van der Waals surface area contributed by atoms with Crippen LogP contribution in [0.3, 0.4) is 0 Å². The fraction of sp³-hybridized carbons (Fsp3) is 0.917. The van der Waals surface area contributed by atoms with Crippen LogP contribution in [0, 0.1) is 11.8 Å². The quantitative estimate of drug-likeness (QED) is 0.694. The standard InChI is InChI=1S/C24H44N4O2/c1-18-9-5-7-11-20(18)25-22(29)15-27-13-14-28(24(3,4)17-27)16-23(30)26-21-12-8-6-10-19(21)2/h18-21H,5-17H2,1-4H3,(H,25,29)(H,26,30). The zero-order valence-electron chi connectivity index (χ0n) is 19.7. The zero-order chi connectivity index (χ0) is 21.7. The van der Waals surface area contributed by atoms with Gasteiger partial charge < -0.3 is 10.6 Å². The molecule has 3 rings (SSSR count). The van der Waals surface area contributed by atoms with Crippen LogP contribution in [-0.2, 0) is 9.59 Å². The summed E-state index contributed by atoms with van der Waals surface area (Å²) in [5, 5.41) is 6.57. The van der Waals surface area contributed by atoms with E-state index in [0.717, 1.165) is 32.5 Å². The molecule has 3 aliphatic rings. The molecule has 2 amide bonds. The number of carbonyl (C=O) groups excluding carboxylic acids is 2. The van der Waals surface area contributed by atoms with Crippen molar-refractivity contribution >= 4 is 11.8 Å². The number of piperazine rings is 1. The van der Waals surface area contributed by atoms with Gasteiger partial charge in [-0.25, -0.2) is 0 Å². The molecule has 1 aliphatic heterocycles. The van der Waals surface area contributed by atoms with E-state index in [9.17, 15) is 9.59 Å². The van der Waals surface area contributed by atoms with Crippen molar-refractivity contribution in [3.05, 3.63) is 0 Å². The second-order valence-electron chi connectivity index (χ2n) is 10.8. The molecule has 0 aromatic carbocycles. The fourth-order valence-electron chi connectivity index (χ4n) is 5.66. The first-order valence-corrected chi connectivity index (χ1v) is 12.3. The van der Waals surface area contributed by atoms with E-state index in [1.165, 1.54) is 38.5 Å². The maximum absolute atomic E-state index is 12.7. The Kier molecular flexibility index (Phi) is 8.19. The van der Waals surface area contributed by atoms with Gasteiger partial charge in [0.25, 0.3) is 0 Å². The number of nitrogens with zero attached hydrogens (tertiary/aromatic N) is 2. The summed E-state index contributed by atoms with van der Waals surface area (Å²) in [5.41, 5.74) is -0.119. The zero-order valence-corrected chi connectivity index (χ0v) is 19.7. The minimum Gasteiger partial charge on any atom is -0.352 e. The molecule has 0 aromatic heterocycles. The van der Waals surface area contributed by atoms with E-state index in [2.05, 4.69) is 48.1 Å². The topological polar surface area (TPSA) is 64.7 Å². The van der Waals surface area contributed by atoms with Crippen molar-refractivity contribution in [3.8, 4) is 0 Å². The molecular formula is C24H44N4O2. The Morgan fingerprint density at radius 2 is 1.30 bits per heavy atom. The Bertz CT molecular complexity index is 594. The average Bonchev–Trinajstić information content (AvgIpc) is 2.67. The highest BCUT2D eigenvalue weighted by molar-refractivity contribution is 5.79. The number of hydrogen-bond donors (Lipinski definition) is 2. The summed E-state index contributed by atoms with van der Waals surface area (Å²) in [6.45, 7) is 12.3. The van der Waals surface area contributed by atoms with Gasteiger partial charge in [-0.15, -0.1) is 0 Å². The van der Waals surface area contributed by atoms with Crippen LogP contribution in [0.1, 0.15) is 79.1 Å². The molecule has 6 nitrogen and oxygen atoms in total. The van der Waals surface area contributed by atoms with Crippen LogP contribution < -0.4 is 10.6 Å². The van der Waals surface area contributed by atoms with Crippen molar-refractivity contribution in [1.82, 2.24) is 20.4 Å². The fourth-order valence-corrected chi connectivity index (χ4v) is 5.66. The van der Waals surface area contributed by atoms with Crippen LogP contribution in [-0.4, -0.2) is 72.0 Å². The van der Waals surface area contributed by atoms with Gasteiger partial charge in [-0.3, -0.25) is 19.4 Å². The van der Waals surface area contributed by atoms with Gasteiger partial charge in [0, 0.05) is 37.3 Å². The maximum Gasteiger partial charge on any atom is 0.234 e. The van der Waals surface area contributed by atoms with E-state index in [4.69, 9.17) is 0 Å². The molecule has 172 valence electrons. The van der Waals surface area contributed by atoms with Gasteiger partial charge in [0.05, 0.1) is 13.1 Å². The lowest BCUT2D eigenvalue weighted by molar-refractivity contribution is -0.129. The Morgan fingerprint density at radius 3 is 1.80 bits per heavy atom. The van der Waals surface area contributed by atoms with Crippen LogP contribution in [0.15, 0.2) is 0 Å². The number of rotatable bonds is 6. The highest BCUT2D eigenvalue weighted by Crippen LogP contribution is 2.25. The third kappa shape index (κ3) is 6.43. The molecule has 0 bridgehead atoms. The van der Waals surface area contributed by atoms with Crippen LogP contribution in [0.5, 0.6) is 0 Å². The summed E-state index contributed by atoms with van der Waals surface area (Å²) < 4.78 is 0. The molecule has 4 atom stereocenters. The summed E-state index contributed by atoms with van der Waals surface area (Å²) in [5.74, 6) is 1.47. The van der Waals surface area contributed by atoms with E-state index in [1.54, 1.807) is 0 Å². The molecule has 1 heterocycles. The smallest absolute Gasteiger partial charge is 0.234 e. The van der Waals surface area contributed by atoms with Crippen LogP contribution in [0.2, 0.25) is 0 Å². The third-order valence-corrected chi connectivity index (χ3v) is 7.77. The lowest BCUT2D eigenvalue weighted by Gasteiger charge is -2.47. The van der Waals surface area contributed by atoms with Gasteiger partial charge in [-0.2, -0.15) is 0 Å². The Balaban J connectivity index is 1.44. The predicted octanol–water partition coefficient (Wildman–Crippen LogP) is 2.77. The van der Waals surface area contributed by atoms with Gasteiger partial charge in [-0.05, 0) is 51.4 Å². The summed E-state index contributed by atoms with van der Waals surface area (Å²) in [4.78, 5) is 29.8. The molecule has 2 aliphatic carbocycles. The third-order valence-electron chi connectivity index (χ3n) is 7.77. The van der Waals surface area contributed by atoms with Crippen molar-refractivity contribution in [2.24, 2.45) is 11.8 Å². The Labute approximate surface area is 183 Å². The lowest BCUT2D eigenvalue weighted by atomic mass is 9.86. The second kappa shape index (κ2) is 10.4. The molecule has 0 spiro atoms. The molecule has 2 saturated carbocycles. The van der Waals surface area contributed by atoms with Gasteiger partial charge in [-0.1, -0.05) is 39.5 Å². The van der Waals surface area contributed by atoms with Gasteiger partial charge in [0.2, 0.25) is 11.8 Å². The molecular weight excluding hydrogens is 376 g/mol. The number of carbonyl (C=O) groups is 2. The van der Waals surface area contributed by atoms with Crippen LogP contribution in [0.4, 0.5) is 0 Å². The number of nitrogens with one attached hydrogen (secondary N) is 2. The lowest BCUT2D eigenvalue weighted by Crippen LogP contribution is -2.62. The Hall–Kier alpha value is -1.14. The molecule has 6 heteroatoms. The van der Waals surface area contributed by atoms with E-state index >= 15 is 0 Å². The van der Waals surface area contributed by atoms with Gasteiger partial charge in [0.15, 0.2) is 0 Å². The first-order valence-electron chi connectivity index (χ1n) is 12.3. The van der Waals surface area contributed by atoms with Crippen molar-refractivity contribution < 1.29 is 9.59 Å². The summed E-state index contributed by atoms with van der Waals surface area (Å²) >= 11 is 0. The molecule has 0 radical (unpaired) electrons. The van der Waals surface area contributed by atoms with Crippen molar-refractivity contribution in [2.75, 3.05) is 32.7 Å². The molecule has 4 unspecified atom stereocenters. The normalized spacial score (nSPS) is 33.1. The van der Waals surface area contributed by atoms with Crippen molar-refractivity contribution in [1.29, 1.82) is 0 Å². The van der Waals surface area contributed by atoms with Gasteiger partial charge >= 0.3 is 0 Å². The predicted molar refractivity (Wildman–Crippen MR) is 121 cm³/mol. The summed E-state index contributed by atoms with van der Waals surface area (Å²) in [6, 6.07) is 0.674. The molecule has 1 saturated heterocycles. The number of amides is 2. The monoisotopic (exact) mass is 420 g/mol. The van der Waals surface area contributed by atoms with Crippen molar-refractivity contribution in [3.63, 3.8) is 0 Å². The number of hydrogen-bond acceptors (Lipinski definition) is 4. The second-order valence-corrected chi connectivity index (χ2v) is 10.8. The summed E-state index contributed by atoms with van der Waals surface area (Å²) in [6.07, 6.45) is 9.69.